The van der Waals surface area contributed by atoms with Crippen LogP contribution in [0.1, 0.15) is 31.4 Å². The van der Waals surface area contributed by atoms with Crippen molar-refractivity contribution in [3.05, 3.63) is 35.6 Å². The molecule has 0 spiro atoms. The topological polar surface area (TPSA) is 46.2 Å². The number of benzene rings is 1. The molecule has 0 amide bonds. The number of aliphatic hydroxyl groups is 1. The molecule has 3 heteroatoms. The van der Waals surface area contributed by atoms with E-state index in [-0.39, 0.29) is 11.2 Å². The van der Waals surface area contributed by atoms with Crippen molar-refractivity contribution in [1.82, 2.24) is 0 Å². The van der Waals surface area contributed by atoms with Gasteiger partial charge in [0.15, 0.2) is 0 Å². The third-order valence-corrected chi connectivity index (χ3v) is 3.70. The Morgan fingerprint density at radius 3 is 2.62 bits per heavy atom. The first-order chi connectivity index (χ1) is 7.59. The molecule has 0 heterocycles. The Balaban J connectivity index is 2.25. The standard InChI is InChI=1S/C13H18FNO/c1-9-6-13(7-9,8-15)12(16)10-4-2-3-5-11(10)14/h2-5,9,12,16H,6-8,15H2,1H3/t9?,12-,13?/m1/s1. The van der Waals surface area contributed by atoms with Crippen LogP contribution in [0.3, 0.4) is 0 Å². The second kappa shape index (κ2) is 4.15. The summed E-state index contributed by atoms with van der Waals surface area (Å²) >= 11 is 0. The Bertz CT molecular complexity index is 374. The lowest BCUT2D eigenvalue weighted by molar-refractivity contribution is -0.0617. The summed E-state index contributed by atoms with van der Waals surface area (Å²) in [6, 6.07) is 6.39. The van der Waals surface area contributed by atoms with E-state index in [1.807, 2.05) is 0 Å². The van der Waals surface area contributed by atoms with Gasteiger partial charge < -0.3 is 10.8 Å². The SMILES string of the molecule is CC1CC(CN)([C@H](O)c2ccccc2F)C1. The molecule has 1 aliphatic rings. The second-order valence-electron chi connectivity index (χ2n) is 5.00. The molecule has 2 rings (SSSR count). The average molecular weight is 223 g/mol. The smallest absolute Gasteiger partial charge is 0.129 e. The fourth-order valence-electron chi connectivity index (χ4n) is 2.86. The first-order valence-corrected chi connectivity index (χ1v) is 5.71. The summed E-state index contributed by atoms with van der Waals surface area (Å²) in [5, 5.41) is 10.3. The Morgan fingerprint density at radius 2 is 2.12 bits per heavy atom. The molecule has 0 unspecified atom stereocenters. The molecule has 16 heavy (non-hydrogen) atoms. The second-order valence-corrected chi connectivity index (χ2v) is 5.00. The lowest BCUT2D eigenvalue weighted by Crippen LogP contribution is -2.47. The number of aliphatic hydroxyl groups excluding tert-OH is 1. The Morgan fingerprint density at radius 1 is 1.50 bits per heavy atom. The predicted molar refractivity (Wildman–Crippen MR) is 61.2 cm³/mol. The fraction of sp³-hybridized carbons (Fsp3) is 0.538. The summed E-state index contributed by atoms with van der Waals surface area (Å²) in [5.74, 6) is 0.229. The maximum atomic E-state index is 13.6. The fourth-order valence-corrected chi connectivity index (χ4v) is 2.86. The van der Waals surface area contributed by atoms with Crippen LogP contribution < -0.4 is 5.73 Å². The minimum atomic E-state index is -0.783. The quantitative estimate of drug-likeness (QED) is 0.825. The van der Waals surface area contributed by atoms with Gasteiger partial charge in [0.2, 0.25) is 0 Å². The predicted octanol–water partition coefficient (Wildman–Crippen LogP) is 2.23. The van der Waals surface area contributed by atoms with Gasteiger partial charge in [-0.25, -0.2) is 4.39 Å². The van der Waals surface area contributed by atoms with Crippen molar-refractivity contribution < 1.29 is 9.50 Å². The Kier molecular flexibility index (Phi) is 3.00. The van der Waals surface area contributed by atoms with Crippen LogP contribution in [0.25, 0.3) is 0 Å². The third-order valence-electron chi connectivity index (χ3n) is 3.70. The molecule has 88 valence electrons. The monoisotopic (exact) mass is 223 g/mol. The average Bonchev–Trinajstić information content (AvgIpc) is 2.24. The van der Waals surface area contributed by atoms with Crippen molar-refractivity contribution in [1.29, 1.82) is 0 Å². The molecule has 0 aromatic heterocycles. The third kappa shape index (κ3) is 1.74. The van der Waals surface area contributed by atoms with E-state index in [0.717, 1.165) is 12.8 Å². The van der Waals surface area contributed by atoms with E-state index in [1.54, 1.807) is 18.2 Å². The van der Waals surface area contributed by atoms with Gasteiger partial charge in [0.05, 0.1) is 6.10 Å². The van der Waals surface area contributed by atoms with Gasteiger partial charge in [-0.1, -0.05) is 25.1 Å². The minimum absolute atomic E-state index is 0.318. The molecule has 0 radical (unpaired) electrons. The Hall–Kier alpha value is -0.930. The number of halogens is 1. The van der Waals surface area contributed by atoms with Gasteiger partial charge in [0.1, 0.15) is 5.82 Å². The van der Waals surface area contributed by atoms with Crippen LogP contribution >= 0.6 is 0 Å². The molecule has 1 saturated carbocycles. The summed E-state index contributed by atoms with van der Waals surface area (Å²) in [4.78, 5) is 0. The summed E-state index contributed by atoms with van der Waals surface area (Å²) in [6.45, 7) is 2.54. The first-order valence-electron chi connectivity index (χ1n) is 5.71. The van der Waals surface area contributed by atoms with Crippen LogP contribution in [-0.4, -0.2) is 11.7 Å². The van der Waals surface area contributed by atoms with Crippen LogP contribution in [0.4, 0.5) is 4.39 Å². The molecular weight excluding hydrogens is 205 g/mol. The molecule has 1 aromatic rings. The van der Waals surface area contributed by atoms with Crippen LogP contribution in [0.5, 0.6) is 0 Å². The van der Waals surface area contributed by atoms with Crippen molar-refractivity contribution >= 4 is 0 Å². The van der Waals surface area contributed by atoms with Crippen molar-refractivity contribution in [2.24, 2.45) is 17.1 Å². The lowest BCUT2D eigenvalue weighted by atomic mass is 9.58. The van der Waals surface area contributed by atoms with Gasteiger partial charge in [-0.3, -0.25) is 0 Å². The number of nitrogens with two attached hydrogens (primary N) is 1. The summed E-state index contributed by atoms with van der Waals surface area (Å²) < 4.78 is 13.6. The normalized spacial score (nSPS) is 30.9. The van der Waals surface area contributed by atoms with Gasteiger partial charge in [0, 0.05) is 17.5 Å². The van der Waals surface area contributed by atoms with E-state index in [2.05, 4.69) is 6.92 Å². The van der Waals surface area contributed by atoms with E-state index in [1.165, 1.54) is 6.07 Å². The summed E-state index contributed by atoms with van der Waals surface area (Å²) in [7, 11) is 0. The van der Waals surface area contributed by atoms with Crippen LogP contribution in [0, 0.1) is 17.2 Å². The van der Waals surface area contributed by atoms with Crippen molar-refractivity contribution in [2.75, 3.05) is 6.54 Å². The molecule has 3 N–H and O–H groups in total. The highest BCUT2D eigenvalue weighted by molar-refractivity contribution is 5.23. The van der Waals surface area contributed by atoms with E-state index >= 15 is 0 Å². The first kappa shape index (κ1) is 11.6. The zero-order chi connectivity index (χ0) is 11.8. The van der Waals surface area contributed by atoms with Crippen molar-refractivity contribution in [2.45, 2.75) is 25.9 Å². The van der Waals surface area contributed by atoms with Crippen LogP contribution in [0.2, 0.25) is 0 Å². The van der Waals surface area contributed by atoms with Crippen molar-refractivity contribution in [3.8, 4) is 0 Å². The highest BCUT2D eigenvalue weighted by Gasteiger charge is 2.47. The van der Waals surface area contributed by atoms with E-state index < -0.39 is 6.10 Å². The molecule has 0 saturated heterocycles. The van der Waals surface area contributed by atoms with Gasteiger partial charge in [-0.15, -0.1) is 0 Å². The minimum Gasteiger partial charge on any atom is -0.388 e. The van der Waals surface area contributed by atoms with Gasteiger partial charge in [0.25, 0.3) is 0 Å². The van der Waals surface area contributed by atoms with Crippen LogP contribution in [0.15, 0.2) is 24.3 Å². The molecule has 2 nitrogen and oxygen atoms in total. The number of hydrogen-bond acceptors (Lipinski definition) is 2. The maximum Gasteiger partial charge on any atom is 0.129 e. The summed E-state index contributed by atoms with van der Waals surface area (Å²) in [6.07, 6.45) is 0.966. The molecule has 1 aromatic carbocycles. The molecule has 1 aliphatic carbocycles. The lowest BCUT2D eigenvalue weighted by Gasteiger charge is -2.49. The molecule has 0 bridgehead atoms. The Labute approximate surface area is 95.3 Å². The van der Waals surface area contributed by atoms with E-state index in [0.29, 0.717) is 18.0 Å². The largest absolute Gasteiger partial charge is 0.388 e. The van der Waals surface area contributed by atoms with Crippen molar-refractivity contribution in [3.63, 3.8) is 0 Å². The highest BCUT2D eigenvalue weighted by Crippen LogP contribution is 2.52. The zero-order valence-electron chi connectivity index (χ0n) is 9.49. The molecular formula is C13H18FNO. The zero-order valence-corrected chi connectivity index (χ0v) is 9.49. The summed E-state index contributed by atoms with van der Waals surface area (Å²) in [5.41, 5.74) is 5.79. The molecule has 1 fully saturated rings. The van der Waals surface area contributed by atoms with Gasteiger partial charge in [-0.05, 0) is 24.8 Å². The van der Waals surface area contributed by atoms with E-state index in [9.17, 15) is 9.50 Å². The number of rotatable bonds is 3. The van der Waals surface area contributed by atoms with Gasteiger partial charge >= 0.3 is 0 Å². The molecule has 0 aliphatic heterocycles. The van der Waals surface area contributed by atoms with E-state index in [4.69, 9.17) is 5.73 Å². The van der Waals surface area contributed by atoms with Crippen LogP contribution in [-0.2, 0) is 0 Å². The van der Waals surface area contributed by atoms with Gasteiger partial charge in [-0.2, -0.15) is 0 Å². The maximum absolute atomic E-state index is 13.6. The highest BCUT2D eigenvalue weighted by atomic mass is 19.1. The number of hydrogen-bond donors (Lipinski definition) is 2. The molecule has 1 atom stereocenters.